The number of halogens is 3. The van der Waals surface area contributed by atoms with Crippen LogP contribution in [0.2, 0.25) is 0 Å². The minimum atomic E-state index is -4.42. The first-order valence-corrected chi connectivity index (χ1v) is 7.40. The number of alkyl halides is 3. The largest absolute Gasteiger partial charge is 0.433 e. The predicted molar refractivity (Wildman–Crippen MR) is 77.7 cm³/mol. The van der Waals surface area contributed by atoms with E-state index in [9.17, 15) is 18.3 Å². The SMILES string of the molecule is OC(c1ncc[nH]1)C1CCN(c2ccc(C(F)(F)F)nc2)CC1. The second kappa shape index (κ2) is 6.19. The van der Waals surface area contributed by atoms with E-state index >= 15 is 0 Å². The summed E-state index contributed by atoms with van der Waals surface area (Å²) in [5, 5.41) is 10.3. The van der Waals surface area contributed by atoms with Gasteiger partial charge in [0.1, 0.15) is 17.6 Å². The average Bonchev–Trinajstić information content (AvgIpc) is 3.08. The fraction of sp³-hybridized carbons (Fsp3) is 0.467. The molecule has 1 atom stereocenters. The van der Waals surface area contributed by atoms with Crippen LogP contribution in [0.5, 0.6) is 0 Å². The number of H-pyrrole nitrogens is 1. The van der Waals surface area contributed by atoms with E-state index in [-0.39, 0.29) is 5.92 Å². The van der Waals surface area contributed by atoms with Crippen LogP contribution in [0.25, 0.3) is 0 Å². The van der Waals surface area contributed by atoms with Gasteiger partial charge in [-0.3, -0.25) is 0 Å². The third-order valence-corrected chi connectivity index (χ3v) is 4.19. The van der Waals surface area contributed by atoms with Gasteiger partial charge in [0.25, 0.3) is 0 Å². The number of aromatic amines is 1. The van der Waals surface area contributed by atoms with Crippen molar-refractivity contribution >= 4 is 5.69 Å². The molecule has 1 fully saturated rings. The quantitative estimate of drug-likeness (QED) is 0.910. The Morgan fingerprint density at radius 3 is 2.48 bits per heavy atom. The number of aliphatic hydroxyl groups excluding tert-OH is 1. The molecule has 0 spiro atoms. The molecule has 1 aliphatic rings. The van der Waals surface area contributed by atoms with Crippen LogP contribution in [-0.4, -0.2) is 33.1 Å². The maximum atomic E-state index is 12.5. The minimum Gasteiger partial charge on any atom is -0.385 e. The zero-order valence-electron chi connectivity index (χ0n) is 12.3. The third-order valence-electron chi connectivity index (χ3n) is 4.19. The number of aliphatic hydroxyl groups is 1. The topological polar surface area (TPSA) is 65.0 Å². The van der Waals surface area contributed by atoms with E-state index in [0.29, 0.717) is 24.6 Å². The van der Waals surface area contributed by atoms with Gasteiger partial charge >= 0.3 is 6.18 Å². The normalized spacial score (nSPS) is 18.2. The lowest BCUT2D eigenvalue weighted by molar-refractivity contribution is -0.141. The van der Waals surface area contributed by atoms with Gasteiger partial charge in [0.05, 0.1) is 11.9 Å². The van der Waals surface area contributed by atoms with E-state index in [2.05, 4.69) is 15.0 Å². The van der Waals surface area contributed by atoms with Crippen molar-refractivity contribution in [3.8, 4) is 0 Å². The highest BCUT2D eigenvalue weighted by Gasteiger charge is 2.32. The molecule has 8 heteroatoms. The zero-order valence-corrected chi connectivity index (χ0v) is 12.3. The molecule has 3 rings (SSSR count). The van der Waals surface area contributed by atoms with Crippen LogP contribution in [0.1, 0.15) is 30.5 Å². The van der Waals surface area contributed by atoms with Gasteiger partial charge in [0.2, 0.25) is 0 Å². The Kier molecular flexibility index (Phi) is 4.25. The van der Waals surface area contributed by atoms with Crippen LogP contribution < -0.4 is 4.90 Å². The van der Waals surface area contributed by atoms with Gasteiger partial charge in [-0.05, 0) is 30.9 Å². The lowest BCUT2D eigenvalue weighted by Crippen LogP contribution is -2.36. The number of rotatable bonds is 3. The van der Waals surface area contributed by atoms with Crippen molar-refractivity contribution in [3.05, 3.63) is 42.2 Å². The summed E-state index contributed by atoms with van der Waals surface area (Å²) in [6, 6.07) is 2.44. The fourth-order valence-electron chi connectivity index (χ4n) is 2.88. The van der Waals surface area contributed by atoms with Crippen LogP contribution in [-0.2, 0) is 6.18 Å². The summed E-state index contributed by atoms with van der Waals surface area (Å²) < 4.78 is 37.6. The van der Waals surface area contributed by atoms with Crippen molar-refractivity contribution < 1.29 is 18.3 Å². The molecular formula is C15H17F3N4O. The molecule has 23 heavy (non-hydrogen) atoms. The van der Waals surface area contributed by atoms with Gasteiger partial charge in [-0.15, -0.1) is 0 Å². The second-order valence-electron chi connectivity index (χ2n) is 5.64. The highest BCUT2D eigenvalue weighted by atomic mass is 19.4. The van der Waals surface area contributed by atoms with Crippen LogP contribution in [0, 0.1) is 5.92 Å². The summed E-state index contributed by atoms with van der Waals surface area (Å²) in [6.45, 7) is 1.32. The third kappa shape index (κ3) is 3.47. The van der Waals surface area contributed by atoms with Gasteiger partial charge in [-0.1, -0.05) is 0 Å². The number of hydrogen-bond acceptors (Lipinski definition) is 4. The van der Waals surface area contributed by atoms with Gasteiger partial charge in [-0.25, -0.2) is 9.97 Å². The second-order valence-corrected chi connectivity index (χ2v) is 5.64. The number of aromatic nitrogens is 3. The predicted octanol–water partition coefficient (Wildman–Crippen LogP) is 2.77. The summed E-state index contributed by atoms with van der Waals surface area (Å²) in [5.41, 5.74) is -0.215. The molecule has 2 aromatic rings. The molecule has 1 saturated heterocycles. The first-order chi connectivity index (χ1) is 10.9. The molecule has 0 radical (unpaired) electrons. The van der Waals surface area contributed by atoms with E-state index in [4.69, 9.17) is 0 Å². The summed E-state index contributed by atoms with van der Waals surface area (Å²) in [4.78, 5) is 12.4. The van der Waals surface area contributed by atoms with Gasteiger partial charge in [-0.2, -0.15) is 13.2 Å². The Balaban J connectivity index is 1.60. The van der Waals surface area contributed by atoms with E-state index in [0.717, 1.165) is 18.9 Å². The minimum absolute atomic E-state index is 0.0832. The lowest BCUT2D eigenvalue weighted by atomic mass is 9.90. The Bertz CT molecular complexity index is 619. The van der Waals surface area contributed by atoms with Crippen molar-refractivity contribution in [2.75, 3.05) is 18.0 Å². The molecule has 0 amide bonds. The molecule has 124 valence electrons. The molecule has 5 nitrogen and oxygen atoms in total. The fourth-order valence-corrected chi connectivity index (χ4v) is 2.88. The average molecular weight is 326 g/mol. The van der Waals surface area contributed by atoms with Gasteiger partial charge < -0.3 is 15.0 Å². The summed E-state index contributed by atoms with van der Waals surface area (Å²) in [5.74, 6) is 0.638. The number of anilines is 1. The highest BCUT2D eigenvalue weighted by Crippen LogP contribution is 2.32. The van der Waals surface area contributed by atoms with Crippen LogP contribution in [0.15, 0.2) is 30.7 Å². The number of imidazole rings is 1. The standard InChI is InChI=1S/C15H17F3N4O/c16-15(17,18)12-2-1-11(9-21-12)22-7-3-10(4-8-22)13(23)14-19-5-6-20-14/h1-2,5-6,9-10,13,23H,3-4,7-8H2,(H,19,20). The zero-order chi connectivity index (χ0) is 16.4. The van der Waals surface area contributed by atoms with Crippen molar-refractivity contribution in [1.82, 2.24) is 15.0 Å². The van der Waals surface area contributed by atoms with E-state index in [1.807, 2.05) is 4.90 Å². The van der Waals surface area contributed by atoms with Crippen LogP contribution in [0.4, 0.5) is 18.9 Å². The molecule has 0 bridgehead atoms. The maximum Gasteiger partial charge on any atom is 0.433 e. The van der Waals surface area contributed by atoms with Crippen molar-refractivity contribution in [2.45, 2.75) is 25.1 Å². The monoisotopic (exact) mass is 326 g/mol. The van der Waals surface area contributed by atoms with Crippen molar-refractivity contribution in [3.63, 3.8) is 0 Å². The summed E-state index contributed by atoms with van der Waals surface area (Å²) in [7, 11) is 0. The Morgan fingerprint density at radius 2 is 1.96 bits per heavy atom. The van der Waals surface area contributed by atoms with Gasteiger partial charge in [0.15, 0.2) is 0 Å². The summed E-state index contributed by atoms with van der Waals surface area (Å²) >= 11 is 0. The lowest BCUT2D eigenvalue weighted by Gasteiger charge is -2.35. The molecule has 1 aliphatic heterocycles. The number of piperidine rings is 1. The number of nitrogens with one attached hydrogen (secondary N) is 1. The molecule has 1 unspecified atom stereocenters. The Morgan fingerprint density at radius 1 is 1.22 bits per heavy atom. The molecule has 2 aromatic heterocycles. The Labute approximate surface area is 131 Å². The molecule has 0 aromatic carbocycles. The first-order valence-electron chi connectivity index (χ1n) is 7.40. The van der Waals surface area contributed by atoms with Crippen molar-refractivity contribution in [1.29, 1.82) is 0 Å². The van der Waals surface area contributed by atoms with E-state index in [1.54, 1.807) is 12.4 Å². The summed E-state index contributed by atoms with van der Waals surface area (Å²) in [6.07, 6.45) is 0.942. The van der Waals surface area contributed by atoms with E-state index < -0.39 is 18.0 Å². The number of hydrogen-bond donors (Lipinski definition) is 2. The molecule has 3 heterocycles. The number of nitrogens with zero attached hydrogens (tertiary/aromatic N) is 3. The Hall–Kier alpha value is -2.09. The molecule has 0 aliphatic carbocycles. The van der Waals surface area contributed by atoms with Crippen molar-refractivity contribution in [2.24, 2.45) is 5.92 Å². The molecule has 0 saturated carbocycles. The first kappa shape index (κ1) is 15.8. The van der Waals surface area contributed by atoms with E-state index in [1.165, 1.54) is 12.3 Å². The van der Waals surface area contributed by atoms with Crippen LogP contribution >= 0.6 is 0 Å². The van der Waals surface area contributed by atoms with Crippen LogP contribution in [0.3, 0.4) is 0 Å². The number of pyridine rings is 1. The van der Waals surface area contributed by atoms with Gasteiger partial charge in [0, 0.05) is 25.5 Å². The smallest absolute Gasteiger partial charge is 0.385 e. The highest BCUT2D eigenvalue weighted by molar-refractivity contribution is 5.45. The molecule has 2 N–H and O–H groups in total. The maximum absolute atomic E-state index is 12.5. The molecular weight excluding hydrogens is 309 g/mol.